The van der Waals surface area contributed by atoms with Gasteiger partial charge in [-0.15, -0.1) is 11.3 Å². The Bertz CT molecular complexity index is 1160. The third kappa shape index (κ3) is 3.48. The van der Waals surface area contributed by atoms with E-state index < -0.39 is 5.54 Å². The fourth-order valence-electron chi connectivity index (χ4n) is 5.13. The van der Waals surface area contributed by atoms with Crippen molar-refractivity contribution >= 4 is 39.1 Å². The van der Waals surface area contributed by atoms with Crippen molar-refractivity contribution in [2.75, 3.05) is 12.0 Å². The van der Waals surface area contributed by atoms with Gasteiger partial charge in [0.25, 0.3) is 5.91 Å². The van der Waals surface area contributed by atoms with Crippen molar-refractivity contribution in [2.24, 2.45) is 0 Å². The minimum absolute atomic E-state index is 0.0942. The quantitative estimate of drug-likeness (QED) is 0.570. The number of benzene rings is 1. The van der Waals surface area contributed by atoms with E-state index in [-0.39, 0.29) is 17.9 Å². The zero-order chi connectivity index (χ0) is 22.3. The standard InChI is InChI=1S/C25H29N3O3S/c1-25(24(30)26-17-8-5-3-4-6-9-17)16-27-20-12-13-32-22(20)15-21(27)23(29)28(25)18-10-7-11-19(14-18)31-2/h7,10-15,17H,3-6,8-9,16H2,1-2H3,(H,26,30). The number of thiophene rings is 1. The summed E-state index contributed by atoms with van der Waals surface area (Å²) < 4.78 is 8.48. The van der Waals surface area contributed by atoms with E-state index in [1.165, 1.54) is 12.8 Å². The van der Waals surface area contributed by atoms with Crippen molar-refractivity contribution in [3.8, 4) is 5.75 Å². The van der Waals surface area contributed by atoms with Crippen LogP contribution in [0.15, 0.2) is 41.8 Å². The van der Waals surface area contributed by atoms with Gasteiger partial charge in [-0.25, -0.2) is 0 Å². The van der Waals surface area contributed by atoms with E-state index in [0.29, 0.717) is 23.7 Å². The Morgan fingerprint density at radius 1 is 1.16 bits per heavy atom. The summed E-state index contributed by atoms with van der Waals surface area (Å²) in [7, 11) is 1.61. The third-order valence-electron chi connectivity index (χ3n) is 6.90. The summed E-state index contributed by atoms with van der Waals surface area (Å²) in [5, 5.41) is 5.34. The first-order chi connectivity index (χ1) is 15.5. The van der Waals surface area contributed by atoms with Crippen LogP contribution in [0, 0.1) is 0 Å². The molecule has 168 valence electrons. The van der Waals surface area contributed by atoms with Crippen molar-refractivity contribution in [2.45, 2.75) is 63.6 Å². The third-order valence-corrected chi connectivity index (χ3v) is 7.75. The second kappa shape index (κ2) is 8.28. The maximum Gasteiger partial charge on any atom is 0.275 e. The van der Waals surface area contributed by atoms with Gasteiger partial charge < -0.3 is 14.6 Å². The summed E-state index contributed by atoms with van der Waals surface area (Å²) in [6.45, 7) is 2.29. The van der Waals surface area contributed by atoms with Crippen LogP contribution in [-0.2, 0) is 11.3 Å². The second-order valence-electron chi connectivity index (χ2n) is 9.06. The largest absolute Gasteiger partial charge is 0.497 e. The predicted molar refractivity (Wildman–Crippen MR) is 128 cm³/mol. The molecule has 1 aliphatic carbocycles. The number of anilines is 1. The number of hydrogen-bond acceptors (Lipinski definition) is 4. The number of carbonyl (C=O) groups excluding carboxylic acids is 2. The smallest absolute Gasteiger partial charge is 0.275 e. The lowest BCUT2D eigenvalue weighted by Crippen LogP contribution is -2.65. The Morgan fingerprint density at radius 2 is 1.94 bits per heavy atom. The molecule has 0 radical (unpaired) electrons. The number of fused-ring (bicyclic) bond motifs is 3. The molecule has 7 heteroatoms. The number of amides is 2. The van der Waals surface area contributed by atoms with Crippen LogP contribution in [0.4, 0.5) is 5.69 Å². The highest BCUT2D eigenvalue weighted by Gasteiger charge is 2.49. The van der Waals surface area contributed by atoms with Gasteiger partial charge in [0.15, 0.2) is 0 Å². The molecule has 0 saturated heterocycles. The van der Waals surface area contributed by atoms with Crippen molar-refractivity contribution in [1.29, 1.82) is 0 Å². The fourth-order valence-corrected chi connectivity index (χ4v) is 5.95. The molecule has 3 aromatic rings. The molecule has 0 bridgehead atoms. The molecule has 1 atom stereocenters. The van der Waals surface area contributed by atoms with E-state index in [1.54, 1.807) is 23.3 Å². The van der Waals surface area contributed by atoms with Crippen LogP contribution in [-0.4, -0.2) is 35.1 Å². The highest BCUT2D eigenvalue weighted by molar-refractivity contribution is 7.17. The van der Waals surface area contributed by atoms with Gasteiger partial charge in [0.1, 0.15) is 17.0 Å². The molecule has 1 aromatic carbocycles. The van der Waals surface area contributed by atoms with Crippen LogP contribution in [0.25, 0.3) is 10.2 Å². The number of nitrogens with one attached hydrogen (secondary N) is 1. The van der Waals surface area contributed by atoms with E-state index in [4.69, 9.17) is 4.74 Å². The molecular formula is C25H29N3O3S. The van der Waals surface area contributed by atoms with E-state index in [2.05, 4.69) is 5.32 Å². The number of aromatic nitrogens is 1. The van der Waals surface area contributed by atoms with Crippen molar-refractivity contribution in [1.82, 2.24) is 9.88 Å². The minimum Gasteiger partial charge on any atom is -0.497 e. The van der Waals surface area contributed by atoms with Gasteiger partial charge in [-0.1, -0.05) is 31.7 Å². The van der Waals surface area contributed by atoms with Gasteiger partial charge >= 0.3 is 0 Å². The average molecular weight is 452 g/mol. The van der Waals surface area contributed by atoms with Crippen LogP contribution >= 0.6 is 11.3 Å². The Hall–Kier alpha value is -2.80. The van der Waals surface area contributed by atoms with Gasteiger partial charge in [0.2, 0.25) is 5.91 Å². The summed E-state index contributed by atoms with van der Waals surface area (Å²) in [4.78, 5) is 29.4. The van der Waals surface area contributed by atoms with Crippen molar-refractivity contribution in [3.63, 3.8) is 0 Å². The normalized spacial score (nSPS) is 21.9. The minimum atomic E-state index is -1.06. The zero-order valence-corrected chi connectivity index (χ0v) is 19.4. The molecule has 2 aliphatic rings. The van der Waals surface area contributed by atoms with Crippen LogP contribution < -0.4 is 15.0 Å². The molecule has 1 N–H and O–H groups in total. The first-order valence-corrected chi connectivity index (χ1v) is 12.3. The number of carbonyl (C=O) groups is 2. The Labute approximate surface area is 192 Å². The SMILES string of the molecule is COc1cccc(N2C(=O)c3cc4sccc4n3CC2(C)C(=O)NC2CCCCCC2)c1. The lowest BCUT2D eigenvalue weighted by Gasteiger charge is -2.44. The zero-order valence-electron chi connectivity index (χ0n) is 18.6. The Balaban J connectivity index is 1.58. The van der Waals surface area contributed by atoms with E-state index in [9.17, 15) is 9.59 Å². The molecule has 6 nitrogen and oxygen atoms in total. The molecule has 3 heterocycles. The molecule has 1 unspecified atom stereocenters. The first-order valence-electron chi connectivity index (χ1n) is 11.4. The van der Waals surface area contributed by atoms with Gasteiger partial charge in [-0.2, -0.15) is 0 Å². The molecule has 2 aromatic heterocycles. The number of methoxy groups -OCH3 is 1. The van der Waals surface area contributed by atoms with Crippen LogP contribution in [0.1, 0.15) is 55.9 Å². The average Bonchev–Trinajstić information content (AvgIpc) is 3.28. The van der Waals surface area contributed by atoms with E-state index >= 15 is 0 Å². The topological polar surface area (TPSA) is 63.6 Å². The summed E-state index contributed by atoms with van der Waals surface area (Å²) >= 11 is 1.61. The van der Waals surface area contributed by atoms with Crippen molar-refractivity contribution < 1.29 is 14.3 Å². The van der Waals surface area contributed by atoms with E-state index in [0.717, 1.165) is 35.9 Å². The summed E-state index contributed by atoms with van der Waals surface area (Å²) in [6.07, 6.45) is 6.72. The lowest BCUT2D eigenvalue weighted by molar-refractivity contribution is -0.127. The first kappa shape index (κ1) is 21.1. The summed E-state index contributed by atoms with van der Waals surface area (Å²) in [5.74, 6) is 0.401. The molecule has 1 aliphatic heterocycles. The number of hydrogen-bond donors (Lipinski definition) is 1. The lowest BCUT2D eigenvalue weighted by atomic mass is 9.92. The van der Waals surface area contributed by atoms with Gasteiger partial charge in [-0.3, -0.25) is 14.5 Å². The van der Waals surface area contributed by atoms with Gasteiger partial charge in [0, 0.05) is 17.8 Å². The Morgan fingerprint density at radius 3 is 2.69 bits per heavy atom. The molecule has 5 rings (SSSR count). The number of ether oxygens (including phenoxy) is 1. The summed E-state index contributed by atoms with van der Waals surface area (Å²) in [5.41, 5.74) is 1.24. The fraction of sp³-hybridized carbons (Fsp3) is 0.440. The highest BCUT2D eigenvalue weighted by atomic mass is 32.1. The van der Waals surface area contributed by atoms with Crippen LogP contribution in [0.3, 0.4) is 0 Å². The maximum atomic E-state index is 13.8. The van der Waals surface area contributed by atoms with Crippen LogP contribution in [0.5, 0.6) is 5.75 Å². The molecule has 32 heavy (non-hydrogen) atoms. The maximum absolute atomic E-state index is 13.8. The highest BCUT2D eigenvalue weighted by Crippen LogP contribution is 2.38. The monoisotopic (exact) mass is 451 g/mol. The predicted octanol–water partition coefficient (Wildman–Crippen LogP) is 4.97. The van der Waals surface area contributed by atoms with Crippen molar-refractivity contribution in [3.05, 3.63) is 47.5 Å². The second-order valence-corrected chi connectivity index (χ2v) is 10.0. The molecular weight excluding hydrogens is 422 g/mol. The van der Waals surface area contributed by atoms with E-state index in [1.807, 2.05) is 53.3 Å². The Kier molecular flexibility index (Phi) is 5.45. The number of nitrogens with zero attached hydrogens (tertiary/aromatic N) is 2. The molecule has 1 fully saturated rings. The number of rotatable bonds is 4. The van der Waals surface area contributed by atoms with Gasteiger partial charge in [-0.05, 0) is 49.4 Å². The molecule has 0 spiro atoms. The molecule has 1 saturated carbocycles. The van der Waals surface area contributed by atoms with Gasteiger partial charge in [0.05, 0.1) is 23.9 Å². The summed E-state index contributed by atoms with van der Waals surface area (Å²) in [6, 6.07) is 11.5. The van der Waals surface area contributed by atoms with Crippen LogP contribution in [0.2, 0.25) is 0 Å². The molecule has 2 amide bonds.